The number of likely N-dealkylation sites (N-methyl/N-ethyl adjacent to an activating group) is 1. The molecule has 1 aromatic carbocycles. The van der Waals surface area contributed by atoms with Crippen molar-refractivity contribution in [3.8, 4) is 0 Å². The van der Waals surface area contributed by atoms with Gasteiger partial charge in [0.25, 0.3) is 0 Å². The molecule has 2 aromatic rings. The van der Waals surface area contributed by atoms with Crippen molar-refractivity contribution >= 4 is 50.5 Å². The maximum atomic E-state index is 6.12. The van der Waals surface area contributed by atoms with E-state index in [4.69, 9.17) is 23.2 Å². The molecule has 0 fully saturated rings. The van der Waals surface area contributed by atoms with E-state index in [0.717, 1.165) is 26.8 Å². The van der Waals surface area contributed by atoms with Crippen molar-refractivity contribution in [2.24, 2.45) is 0 Å². The normalized spacial score (nSPS) is 12.6. The van der Waals surface area contributed by atoms with Gasteiger partial charge in [0.1, 0.15) is 0 Å². The monoisotopic (exact) mass is 377 g/mol. The van der Waals surface area contributed by atoms with Gasteiger partial charge in [-0.1, -0.05) is 42.3 Å². The standard InChI is InChI=1S/C14H14BrCl2NS/c1-2-18-12(13-8-11(17)14(15)19-13)7-9-3-5-10(16)6-4-9/h3-6,8,12,18H,2,7H2,1H3. The van der Waals surface area contributed by atoms with Gasteiger partial charge in [0, 0.05) is 15.9 Å². The summed E-state index contributed by atoms with van der Waals surface area (Å²) in [6, 6.07) is 10.3. The van der Waals surface area contributed by atoms with Gasteiger partial charge in [0.2, 0.25) is 0 Å². The minimum atomic E-state index is 0.278. The summed E-state index contributed by atoms with van der Waals surface area (Å²) in [5.41, 5.74) is 1.26. The van der Waals surface area contributed by atoms with Crippen molar-refractivity contribution in [1.29, 1.82) is 0 Å². The first-order valence-corrected chi connectivity index (χ1v) is 8.39. The molecule has 0 saturated heterocycles. The fraction of sp³-hybridized carbons (Fsp3) is 0.286. The molecular formula is C14H14BrCl2NS. The Morgan fingerprint density at radius 1 is 1.26 bits per heavy atom. The van der Waals surface area contributed by atoms with Crippen LogP contribution >= 0.6 is 50.5 Å². The molecule has 0 spiro atoms. The van der Waals surface area contributed by atoms with Crippen LogP contribution in [0.3, 0.4) is 0 Å². The van der Waals surface area contributed by atoms with Crippen LogP contribution in [0.1, 0.15) is 23.4 Å². The Kier molecular flexibility index (Phi) is 5.72. The third-order valence-electron chi connectivity index (χ3n) is 2.81. The quantitative estimate of drug-likeness (QED) is 0.702. The predicted molar refractivity (Wildman–Crippen MR) is 88.6 cm³/mol. The lowest BCUT2D eigenvalue weighted by molar-refractivity contribution is 0.558. The third kappa shape index (κ3) is 4.20. The Bertz CT molecular complexity index is 519. The molecule has 0 bridgehead atoms. The predicted octanol–water partition coefficient (Wildman–Crippen LogP) is 5.71. The zero-order valence-corrected chi connectivity index (χ0v) is 14.3. The average molecular weight is 379 g/mol. The fourth-order valence-electron chi connectivity index (χ4n) is 1.91. The molecule has 1 unspecified atom stereocenters. The smallest absolute Gasteiger partial charge is 0.0887 e. The van der Waals surface area contributed by atoms with Crippen LogP contribution in [-0.4, -0.2) is 6.54 Å². The molecule has 0 saturated carbocycles. The summed E-state index contributed by atoms with van der Waals surface area (Å²) in [6.45, 7) is 3.03. The molecule has 102 valence electrons. The van der Waals surface area contributed by atoms with E-state index in [2.05, 4.69) is 40.3 Å². The first-order chi connectivity index (χ1) is 9.10. The number of rotatable bonds is 5. The molecule has 0 aliphatic rings. The maximum absolute atomic E-state index is 6.12. The van der Waals surface area contributed by atoms with Gasteiger partial charge >= 0.3 is 0 Å². The van der Waals surface area contributed by atoms with Gasteiger partial charge in [-0.25, -0.2) is 0 Å². The third-order valence-corrected chi connectivity index (χ3v) is 5.65. The molecule has 1 atom stereocenters. The number of hydrogen-bond acceptors (Lipinski definition) is 2. The molecule has 0 aliphatic heterocycles. The highest BCUT2D eigenvalue weighted by Crippen LogP contribution is 2.36. The Hall–Kier alpha value is -0.0600. The highest BCUT2D eigenvalue weighted by molar-refractivity contribution is 9.11. The molecule has 1 aromatic heterocycles. The lowest BCUT2D eigenvalue weighted by Gasteiger charge is -2.16. The van der Waals surface area contributed by atoms with Crippen LogP contribution in [0.25, 0.3) is 0 Å². The number of thiophene rings is 1. The number of nitrogens with one attached hydrogen (secondary N) is 1. The van der Waals surface area contributed by atoms with Crippen molar-refractivity contribution in [2.45, 2.75) is 19.4 Å². The zero-order valence-electron chi connectivity index (χ0n) is 10.4. The van der Waals surface area contributed by atoms with Crippen molar-refractivity contribution in [2.75, 3.05) is 6.54 Å². The molecule has 0 aliphatic carbocycles. The Morgan fingerprint density at radius 3 is 2.47 bits per heavy atom. The molecule has 1 N–H and O–H groups in total. The maximum Gasteiger partial charge on any atom is 0.0887 e. The lowest BCUT2D eigenvalue weighted by atomic mass is 10.0. The van der Waals surface area contributed by atoms with E-state index in [-0.39, 0.29) is 6.04 Å². The SMILES string of the molecule is CCNC(Cc1ccc(Cl)cc1)c1cc(Cl)c(Br)s1. The van der Waals surface area contributed by atoms with Gasteiger partial charge < -0.3 is 5.32 Å². The second-order valence-electron chi connectivity index (χ2n) is 4.21. The topological polar surface area (TPSA) is 12.0 Å². The highest BCUT2D eigenvalue weighted by atomic mass is 79.9. The van der Waals surface area contributed by atoms with E-state index >= 15 is 0 Å². The van der Waals surface area contributed by atoms with Crippen molar-refractivity contribution in [1.82, 2.24) is 5.32 Å². The van der Waals surface area contributed by atoms with Crippen LogP contribution in [0.5, 0.6) is 0 Å². The molecule has 19 heavy (non-hydrogen) atoms. The minimum Gasteiger partial charge on any atom is -0.309 e. The van der Waals surface area contributed by atoms with E-state index in [1.165, 1.54) is 10.4 Å². The largest absolute Gasteiger partial charge is 0.309 e. The number of halogens is 3. The molecule has 5 heteroatoms. The zero-order chi connectivity index (χ0) is 13.8. The van der Waals surface area contributed by atoms with Crippen molar-refractivity contribution < 1.29 is 0 Å². The van der Waals surface area contributed by atoms with Gasteiger partial charge in [0.15, 0.2) is 0 Å². The van der Waals surface area contributed by atoms with Crippen molar-refractivity contribution in [3.63, 3.8) is 0 Å². The van der Waals surface area contributed by atoms with Gasteiger partial charge in [-0.2, -0.15) is 0 Å². The van der Waals surface area contributed by atoms with Crippen LogP contribution in [0.15, 0.2) is 34.1 Å². The number of hydrogen-bond donors (Lipinski definition) is 1. The second kappa shape index (κ2) is 7.09. The van der Waals surface area contributed by atoms with Crippen LogP contribution in [0, 0.1) is 0 Å². The molecular weight excluding hydrogens is 365 g/mol. The Morgan fingerprint density at radius 2 is 1.95 bits per heavy atom. The Labute approximate surface area is 136 Å². The summed E-state index contributed by atoms with van der Waals surface area (Å²) in [4.78, 5) is 1.24. The summed E-state index contributed by atoms with van der Waals surface area (Å²) in [5, 5.41) is 5.05. The fourth-order valence-corrected chi connectivity index (χ4v) is 3.86. The van der Waals surface area contributed by atoms with Crippen LogP contribution < -0.4 is 5.32 Å². The average Bonchev–Trinajstić information content (AvgIpc) is 2.72. The molecule has 1 heterocycles. The summed E-state index contributed by atoms with van der Waals surface area (Å²) >= 11 is 17.2. The minimum absolute atomic E-state index is 0.278. The van der Waals surface area contributed by atoms with Gasteiger partial charge in [0.05, 0.1) is 8.81 Å². The summed E-state index contributed by atoms with van der Waals surface area (Å²) in [5.74, 6) is 0. The van der Waals surface area contributed by atoms with E-state index in [1.807, 2.05) is 18.2 Å². The van der Waals surface area contributed by atoms with Crippen LogP contribution in [0.4, 0.5) is 0 Å². The van der Waals surface area contributed by atoms with Gasteiger partial charge in [-0.05, 0) is 52.7 Å². The number of benzene rings is 1. The summed E-state index contributed by atoms with van der Waals surface area (Å²) in [7, 11) is 0. The first kappa shape index (κ1) is 15.3. The molecule has 0 amide bonds. The Balaban J connectivity index is 2.18. The van der Waals surface area contributed by atoms with Crippen molar-refractivity contribution in [3.05, 3.63) is 54.6 Å². The summed E-state index contributed by atoms with van der Waals surface area (Å²) in [6.07, 6.45) is 0.925. The van der Waals surface area contributed by atoms with E-state index in [0.29, 0.717) is 0 Å². The first-order valence-electron chi connectivity index (χ1n) is 6.02. The van der Waals surface area contributed by atoms with E-state index in [9.17, 15) is 0 Å². The van der Waals surface area contributed by atoms with E-state index in [1.54, 1.807) is 11.3 Å². The van der Waals surface area contributed by atoms with E-state index < -0.39 is 0 Å². The van der Waals surface area contributed by atoms with Gasteiger partial charge in [-0.15, -0.1) is 11.3 Å². The van der Waals surface area contributed by atoms with Crippen LogP contribution in [0.2, 0.25) is 10.0 Å². The highest BCUT2D eigenvalue weighted by Gasteiger charge is 2.15. The molecule has 1 nitrogen and oxygen atoms in total. The molecule has 2 rings (SSSR count). The summed E-state index contributed by atoms with van der Waals surface area (Å²) < 4.78 is 0.989. The lowest BCUT2D eigenvalue weighted by Crippen LogP contribution is -2.22. The van der Waals surface area contributed by atoms with Crippen LogP contribution in [-0.2, 0) is 6.42 Å². The molecule has 0 radical (unpaired) electrons. The second-order valence-corrected chi connectivity index (χ2v) is 7.46. The van der Waals surface area contributed by atoms with Gasteiger partial charge in [-0.3, -0.25) is 0 Å².